The van der Waals surface area contributed by atoms with Crippen LogP contribution in [0.25, 0.3) is 22.2 Å². The SMILES string of the molecule is Cn1ccc2c(-c3ccccc3S(N)(=O)=O)ccnc21. The third-order valence-electron chi connectivity index (χ3n) is 3.25. The number of fused-ring (bicyclic) bond motifs is 1. The summed E-state index contributed by atoms with van der Waals surface area (Å²) in [6, 6.07) is 10.4. The third kappa shape index (κ3) is 1.99. The van der Waals surface area contributed by atoms with Gasteiger partial charge in [0.2, 0.25) is 10.0 Å². The predicted octanol–water partition coefficient (Wildman–Crippen LogP) is 1.89. The lowest BCUT2D eigenvalue weighted by Gasteiger charge is -2.09. The van der Waals surface area contributed by atoms with Crippen LogP contribution in [0.15, 0.2) is 53.7 Å². The van der Waals surface area contributed by atoms with Crippen molar-refractivity contribution in [3.8, 4) is 11.1 Å². The number of benzene rings is 1. The molecule has 0 fully saturated rings. The van der Waals surface area contributed by atoms with Gasteiger partial charge in [0.25, 0.3) is 0 Å². The van der Waals surface area contributed by atoms with Gasteiger partial charge in [-0.05, 0) is 23.8 Å². The monoisotopic (exact) mass is 287 g/mol. The van der Waals surface area contributed by atoms with E-state index in [0.29, 0.717) is 5.56 Å². The smallest absolute Gasteiger partial charge is 0.238 e. The zero-order chi connectivity index (χ0) is 14.3. The molecule has 0 aliphatic heterocycles. The molecule has 6 heteroatoms. The Morgan fingerprint density at radius 1 is 1.10 bits per heavy atom. The highest BCUT2D eigenvalue weighted by atomic mass is 32.2. The standard InChI is InChI=1S/C14H13N3O2S/c1-17-9-7-12-10(6-8-16-14(12)17)11-4-2-3-5-13(11)20(15,18)19/h2-9H,1H3,(H2,15,18,19). The lowest BCUT2D eigenvalue weighted by molar-refractivity contribution is 0.598. The Kier molecular flexibility index (Phi) is 2.84. The van der Waals surface area contributed by atoms with E-state index < -0.39 is 10.0 Å². The molecule has 0 aliphatic carbocycles. The van der Waals surface area contributed by atoms with Crippen molar-refractivity contribution in [3.05, 3.63) is 48.8 Å². The minimum atomic E-state index is -3.77. The van der Waals surface area contributed by atoms with Crippen LogP contribution in [0.4, 0.5) is 0 Å². The number of pyridine rings is 1. The number of sulfonamides is 1. The van der Waals surface area contributed by atoms with Crippen molar-refractivity contribution >= 4 is 21.1 Å². The number of hydrogen-bond acceptors (Lipinski definition) is 3. The molecular weight excluding hydrogens is 274 g/mol. The van der Waals surface area contributed by atoms with E-state index in [1.165, 1.54) is 6.07 Å². The van der Waals surface area contributed by atoms with Crippen molar-refractivity contribution in [1.82, 2.24) is 9.55 Å². The first-order valence-corrected chi connectivity index (χ1v) is 7.55. The van der Waals surface area contributed by atoms with Crippen LogP contribution in [0.3, 0.4) is 0 Å². The van der Waals surface area contributed by atoms with Crippen LogP contribution < -0.4 is 5.14 Å². The van der Waals surface area contributed by atoms with Crippen LogP contribution >= 0.6 is 0 Å². The molecule has 1 aromatic carbocycles. The summed E-state index contributed by atoms with van der Waals surface area (Å²) in [5.74, 6) is 0. The first-order chi connectivity index (χ1) is 9.48. The van der Waals surface area contributed by atoms with Crippen molar-refractivity contribution in [1.29, 1.82) is 0 Å². The maximum absolute atomic E-state index is 11.7. The minimum Gasteiger partial charge on any atom is -0.336 e. The van der Waals surface area contributed by atoms with E-state index in [1.807, 2.05) is 23.9 Å². The first-order valence-electron chi connectivity index (χ1n) is 6.01. The molecule has 0 aliphatic rings. The number of primary sulfonamides is 1. The summed E-state index contributed by atoms with van der Waals surface area (Å²) in [5, 5.41) is 6.19. The number of aryl methyl sites for hydroxylation is 1. The fourth-order valence-electron chi connectivity index (χ4n) is 2.34. The van der Waals surface area contributed by atoms with Crippen molar-refractivity contribution in [3.63, 3.8) is 0 Å². The molecule has 0 atom stereocenters. The van der Waals surface area contributed by atoms with Crippen molar-refractivity contribution in [2.75, 3.05) is 0 Å². The molecule has 3 rings (SSSR count). The maximum atomic E-state index is 11.7. The second-order valence-electron chi connectivity index (χ2n) is 4.56. The average Bonchev–Trinajstić information content (AvgIpc) is 2.80. The van der Waals surface area contributed by atoms with Gasteiger partial charge in [-0.3, -0.25) is 0 Å². The summed E-state index contributed by atoms with van der Waals surface area (Å²) in [6.45, 7) is 0. The molecule has 0 amide bonds. The van der Waals surface area contributed by atoms with Gasteiger partial charge >= 0.3 is 0 Å². The zero-order valence-corrected chi connectivity index (χ0v) is 11.6. The van der Waals surface area contributed by atoms with E-state index in [-0.39, 0.29) is 4.90 Å². The Hall–Kier alpha value is -2.18. The molecule has 2 heterocycles. The Morgan fingerprint density at radius 3 is 2.60 bits per heavy atom. The molecule has 2 aromatic heterocycles. The summed E-state index contributed by atoms with van der Waals surface area (Å²) in [6.07, 6.45) is 3.55. The van der Waals surface area contributed by atoms with Crippen LogP contribution in [0, 0.1) is 0 Å². The highest BCUT2D eigenvalue weighted by Gasteiger charge is 2.16. The molecule has 0 saturated carbocycles. The lowest BCUT2D eigenvalue weighted by Crippen LogP contribution is -2.13. The second-order valence-corrected chi connectivity index (χ2v) is 6.09. The summed E-state index contributed by atoms with van der Waals surface area (Å²) in [4.78, 5) is 4.42. The van der Waals surface area contributed by atoms with Gasteiger partial charge in [0, 0.05) is 30.4 Å². The van der Waals surface area contributed by atoms with Crippen LogP contribution in [-0.4, -0.2) is 18.0 Å². The highest BCUT2D eigenvalue weighted by Crippen LogP contribution is 2.31. The van der Waals surface area contributed by atoms with E-state index in [1.54, 1.807) is 30.5 Å². The largest absolute Gasteiger partial charge is 0.336 e. The summed E-state index contributed by atoms with van der Waals surface area (Å²) in [7, 11) is -1.88. The van der Waals surface area contributed by atoms with Gasteiger partial charge in [-0.25, -0.2) is 18.5 Å². The van der Waals surface area contributed by atoms with Gasteiger partial charge in [0.05, 0.1) is 4.90 Å². The molecule has 102 valence electrons. The van der Waals surface area contributed by atoms with Gasteiger partial charge < -0.3 is 4.57 Å². The average molecular weight is 287 g/mol. The third-order valence-corrected chi connectivity index (χ3v) is 4.22. The fraction of sp³-hybridized carbons (Fsp3) is 0.0714. The number of rotatable bonds is 2. The van der Waals surface area contributed by atoms with Crippen molar-refractivity contribution < 1.29 is 8.42 Å². The summed E-state index contributed by atoms with van der Waals surface area (Å²) < 4.78 is 25.3. The molecule has 5 nitrogen and oxygen atoms in total. The van der Waals surface area contributed by atoms with E-state index in [2.05, 4.69) is 4.98 Å². The van der Waals surface area contributed by atoms with Crippen LogP contribution in [0.1, 0.15) is 0 Å². The Bertz CT molecular complexity index is 898. The normalized spacial score (nSPS) is 11.9. The molecule has 0 radical (unpaired) electrons. The van der Waals surface area contributed by atoms with E-state index >= 15 is 0 Å². The Labute approximate surface area is 116 Å². The summed E-state index contributed by atoms with van der Waals surface area (Å²) in [5.41, 5.74) is 2.19. The van der Waals surface area contributed by atoms with Crippen LogP contribution in [0.5, 0.6) is 0 Å². The first kappa shape index (κ1) is 12.8. The fourth-order valence-corrected chi connectivity index (χ4v) is 3.09. The van der Waals surface area contributed by atoms with Crippen LogP contribution in [-0.2, 0) is 17.1 Å². The molecule has 2 N–H and O–H groups in total. The Balaban J connectivity index is 2.38. The minimum absolute atomic E-state index is 0.122. The van der Waals surface area contributed by atoms with Crippen LogP contribution in [0.2, 0.25) is 0 Å². The maximum Gasteiger partial charge on any atom is 0.238 e. The molecular formula is C14H13N3O2S. The molecule has 0 saturated heterocycles. The topological polar surface area (TPSA) is 78.0 Å². The van der Waals surface area contributed by atoms with Gasteiger partial charge in [0.15, 0.2) is 0 Å². The van der Waals surface area contributed by atoms with Crippen molar-refractivity contribution in [2.45, 2.75) is 4.90 Å². The van der Waals surface area contributed by atoms with E-state index in [0.717, 1.165) is 16.6 Å². The summed E-state index contributed by atoms with van der Waals surface area (Å²) >= 11 is 0. The lowest BCUT2D eigenvalue weighted by atomic mass is 10.0. The van der Waals surface area contributed by atoms with E-state index in [4.69, 9.17) is 5.14 Å². The van der Waals surface area contributed by atoms with Gasteiger partial charge in [-0.15, -0.1) is 0 Å². The molecule has 0 bridgehead atoms. The van der Waals surface area contributed by atoms with Gasteiger partial charge in [-0.2, -0.15) is 0 Å². The molecule has 20 heavy (non-hydrogen) atoms. The molecule has 3 aromatic rings. The number of nitrogens with two attached hydrogens (primary N) is 1. The quantitative estimate of drug-likeness (QED) is 0.781. The molecule has 0 spiro atoms. The zero-order valence-electron chi connectivity index (χ0n) is 10.8. The van der Waals surface area contributed by atoms with E-state index in [9.17, 15) is 8.42 Å². The van der Waals surface area contributed by atoms with Gasteiger partial charge in [0.1, 0.15) is 5.65 Å². The molecule has 0 unspecified atom stereocenters. The highest BCUT2D eigenvalue weighted by molar-refractivity contribution is 7.89. The second kappa shape index (κ2) is 4.43. The number of aromatic nitrogens is 2. The number of hydrogen-bond donors (Lipinski definition) is 1. The number of nitrogens with zero attached hydrogens (tertiary/aromatic N) is 2. The predicted molar refractivity (Wildman–Crippen MR) is 77.5 cm³/mol. The van der Waals surface area contributed by atoms with Gasteiger partial charge in [-0.1, -0.05) is 18.2 Å². The Morgan fingerprint density at radius 2 is 1.85 bits per heavy atom. The van der Waals surface area contributed by atoms with Crippen molar-refractivity contribution in [2.24, 2.45) is 12.2 Å².